The molecule has 2 nitrogen and oxygen atoms in total. The van der Waals surface area contributed by atoms with E-state index in [4.69, 9.17) is 5.26 Å². The minimum absolute atomic E-state index is 0.311. The first-order valence-corrected chi connectivity index (χ1v) is 5.47. The second-order valence-corrected chi connectivity index (χ2v) is 3.81. The zero-order valence-electron chi connectivity index (χ0n) is 9.24. The van der Waals surface area contributed by atoms with Crippen molar-refractivity contribution in [2.45, 2.75) is 32.2 Å². The van der Waals surface area contributed by atoms with Crippen molar-refractivity contribution in [3.8, 4) is 6.07 Å². The SMILES string of the molecule is CC(CC#N)NCCCc1ccccc1. The van der Waals surface area contributed by atoms with Crippen molar-refractivity contribution in [3.63, 3.8) is 0 Å². The highest BCUT2D eigenvalue weighted by Gasteiger charge is 1.98. The zero-order valence-corrected chi connectivity index (χ0v) is 9.24. The lowest BCUT2D eigenvalue weighted by Gasteiger charge is -2.09. The molecule has 80 valence electrons. The summed E-state index contributed by atoms with van der Waals surface area (Å²) in [5, 5.41) is 11.8. The molecule has 1 aromatic rings. The Morgan fingerprint density at radius 3 is 2.73 bits per heavy atom. The van der Waals surface area contributed by atoms with E-state index in [1.54, 1.807) is 0 Å². The average molecular weight is 202 g/mol. The molecule has 0 radical (unpaired) electrons. The third-order valence-corrected chi connectivity index (χ3v) is 2.38. The molecule has 2 heteroatoms. The predicted octanol–water partition coefficient (Wildman–Crippen LogP) is 2.51. The average Bonchev–Trinajstić information content (AvgIpc) is 2.26. The van der Waals surface area contributed by atoms with Crippen LogP contribution in [0.3, 0.4) is 0 Å². The molecule has 0 aliphatic rings. The standard InChI is InChI=1S/C13H18N2/c1-12(9-10-14)15-11-5-8-13-6-3-2-4-7-13/h2-4,6-7,12,15H,5,8-9,11H2,1H3. The van der Waals surface area contributed by atoms with Crippen molar-refractivity contribution >= 4 is 0 Å². The van der Waals surface area contributed by atoms with Gasteiger partial charge < -0.3 is 5.32 Å². The van der Waals surface area contributed by atoms with Crippen molar-refractivity contribution < 1.29 is 0 Å². The van der Waals surface area contributed by atoms with Gasteiger partial charge in [0.25, 0.3) is 0 Å². The molecular weight excluding hydrogens is 184 g/mol. The number of rotatable bonds is 6. The van der Waals surface area contributed by atoms with Crippen LogP contribution in [-0.2, 0) is 6.42 Å². The minimum Gasteiger partial charge on any atom is -0.313 e. The van der Waals surface area contributed by atoms with Gasteiger partial charge >= 0.3 is 0 Å². The van der Waals surface area contributed by atoms with Crippen LogP contribution in [0.4, 0.5) is 0 Å². The molecule has 1 aromatic carbocycles. The van der Waals surface area contributed by atoms with Crippen molar-refractivity contribution in [1.29, 1.82) is 5.26 Å². The minimum atomic E-state index is 0.311. The first kappa shape index (κ1) is 11.7. The fourth-order valence-corrected chi connectivity index (χ4v) is 1.49. The van der Waals surface area contributed by atoms with Crippen LogP contribution >= 0.6 is 0 Å². The van der Waals surface area contributed by atoms with Gasteiger partial charge in [-0.15, -0.1) is 0 Å². The smallest absolute Gasteiger partial charge is 0.0638 e. The highest BCUT2D eigenvalue weighted by Crippen LogP contribution is 2.01. The summed E-state index contributed by atoms with van der Waals surface area (Å²) in [7, 11) is 0. The molecule has 0 saturated heterocycles. The van der Waals surface area contributed by atoms with Gasteiger partial charge in [-0.1, -0.05) is 30.3 Å². The molecule has 0 aliphatic heterocycles. The van der Waals surface area contributed by atoms with Crippen molar-refractivity contribution in [2.24, 2.45) is 0 Å². The molecule has 0 heterocycles. The van der Waals surface area contributed by atoms with Gasteiger partial charge in [-0.25, -0.2) is 0 Å². The Morgan fingerprint density at radius 2 is 2.07 bits per heavy atom. The van der Waals surface area contributed by atoms with Gasteiger partial charge in [0, 0.05) is 6.04 Å². The van der Waals surface area contributed by atoms with Gasteiger partial charge in [0.15, 0.2) is 0 Å². The second kappa shape index (κ2) is 7.03. The monoisotopic (exact) mass is 202 g/mol. The fraction of sp³-hybridized carbons (Fsp3) is 0.462. The maximum Gasteiger partial charge on any atom is 0.0638 e. The van der Waals surface area contributed by atoms with E-state index in [9.17, 15) is 0 Å². The summed E-state index contributed by atoms with van der Waals surface area (Å²) in [6, 6.07) is 13.0. The number of hydrogen-bond acceptors (Lipinski definition) is 2. The summed E-state index contributed by atoms with van der Waals surface area (Å²) in [4.78, 5) is 0. The Hall–Kier alpha value is -1.33. The first-order chi connectivity index (χ1) is 7.33. The third-order valence-electron chi connectivity index (χ3n) is 2.38. The Morgan fingerprint density at radius 1 is 1.33 bits per heavy atom. The van der Waals surface area contributed by atoms with Gasteiger partial charge in [-0.2, -0.15) is 5.26 Å². The molecule has 0 aliphatic carbocycles. The molecule has 1 atom stereocenters. The van der Waals surface area contributed by atoms with Gasteiger partial charge in [0.05, 0.1) is 12.5 Å². The Labute approximate surface area is 91.9 Å². The van der Waals surface area contributed by atoms with Gasteiger partial charge in [0.2, 0.25) is 0 Å². The summed E-state index contributed by atoms with van der Waals surface area (Å²) in [6.07, 6.45) is 2.82. The Bertz CT molecular complexity index is 300. The van der Waals surface area contributed by atoms with E-state index in [0.717, 1.165) is 19.4 Å². The van der Waals surface area contributed by atoms with E-state index in [1.807, 2.05) is 13.0 Å². The van der Waals surface area contributed by atoms with Crippen molar-refractivity contribution in [2.75, 3.05) is 6.54 Å². The van der Waals surface area contributed by atoms with E-state index >= 15 is 0 Å². The van der Waals surface area contributed by atoms with Gasteiger partial charge in [0.1, 0.15) is 0 Å². The number of nitriles is 1. The number of benzene rings is 1. The molecule has 0 amide bonds. The molecule has 0 saturated carbocycles. The van der Waals surface area contributed by atoms with Crippen molar-refractivity contribution in [1.82, 2.24) is 5.32 Å². The maximum absolute atomic E-state index is 8.48. The number of hydrogen-bond donors (Lipinski definition) is 1. The zero-order chi connectivity index (χ0) is 10.9. The molecule has 0 bridgehead atoms. The van der Waals surface area contributed by atoms with E-state index < -0.39 is 0 Å². The van der Waals surface area contributed by atoms with Crippen LogP contribution in [0.2, 0.25) is 0 Å². The van der Waals surface area contributed by atoms with Crippen LogP contribution < -0.4 is 5.32 Å². The van der Waals surface area contributed by atoms with Crippen LogP contribution in [0.25, 0.3) is 0 Å². The Balaban J connectivity index is 2.10. The molecule has 15 heavy (non-hydrogen) atoms. The largest absolute Gasteiger partial charge is 0.313 e. The van der Waals surface area contributed by atoms with Crippen LogP contribution in [0.15, 0.2) is 30.3 Å². The lowest BCUT2D eigenvalue weighted by atomic mass is 10.1. The number of nitrogens with zero attached hydrogens (tertiary/aromatic N) is 1. The van der Waals surface area contributed by atoms with Gasteiger partial charge in [-0.3, -0.25) is 0 Å². The maximum atomic E-state index is 8.48. The van der Waals surface area contributed by atoms with E-state index in [0.29, 0.717) is 12.5 Å². The van der Waals surface area contributed by atoms with E-state index in [2.05, 4.69) is 35.7 Å². The number of nitrogens with one attached hydrogen (secondary N) is 1. The summed E-state index contributed by atoms with van der Waals surface area (Å²) in [6.45, 7) is 3.03. The summed E-state index contributed by atoms with van der Waals surface area (Å²) < 4.78 is 0. The third kappa shape index (κ3) is 5.19. The normalized spacial score (nSPS) is 12.0. The van der Waals surface area contributed by atoms with Crippen LogP contribution in [-0.4, -0.2) is 12.6 Å². The Kier molecular flexibility index (Phi) is 5.50. The topological polar surface area (TPSA) is 35.8 Å². The quantitative estimate of drug-likeness (QED) is 0.719. The molecule has 1 unspecified atom stereocenters. The highest BCUT2D eigenvalue weighted by molar-refractivity contribution is 5.14. The molecule has 1 rings (SSSR count). The summed E-state index contributed by atoms with van der Waals surface area (Å²) in [5.41, 5.74) is 1.38. The van der Waals surface area contributed by atoms with Crippen LogP contribution in [0.1, 0.15) is 25.3 Å². The predicted molar refractivity (Wildman–Crippen MR) is 62.5 cm³/mol. The summed E-state index contributed by atoms with van der Waals surface area (Å²) >= 11 is 0. The highest BCUT2D eigenvalue weighted by atomic mass is 14.9. The molecule has 0 fully saturated rings. The van der Waals surface area contributed by atoms with E-state index in [1.165, 1.54) is 5.56 Å². The molecular formula is C13H18N2. The van der Waals surface area contributed by atoms with Crippen LogP contribution in [0, 0.1) is 11.3 Å². The van der Waals surface area contributed by atoms with Crippen molar-refractivity contribution in [3.05, 3.63) is 35.9 Å². The summed E-state index contributed by atoms with van der Waals surface area (Å²) in [5.74, 6) is 0. The molecule has 0 aromatic heterocycles. The second-order valence-electron chi connectivity index (χ2n) is 3.81. The lowest BCUT2D eigenvalue weighted by molar-refractivity contribution is 0.544. The van der Waals surface area contributed by atoms with Crippen LogP contribution in [0.5, 0.6) is 0 Å². The first-order valence-electron chi connectivity index (χ1n) is 5.47. The number of aryl methyl sites for hydroxylation is 1. The lowest BCUT2D eigenvalue weighted by Crippen LogP contribution is -2.26. The molecule has 1 N–H and O–H groups in total. The molecule has 0 spiro atoms. The van der Waals surface area contributed by atoms with E-state index in [-0.39, 0.29) is 0 Å². The fourth-order valence-electron chi connectivity index (χ4n) is 1.49. The van der Waals surface area contributed by atoms with Gasteiger partial charge in [-0.05, 0) is 31.9 Å².